The van der Waals surface area contributed by atoms with Crippen molar-refractivity contribution in [1.29, 1.82) is 5.26 Å². The predicted octanol–water partition coefficient (Wildman–Crippen LogP) is 2.81. The van der Waals surface area contributed by atoms with Crippen LogP contribution in [0.2, 0.25) is 0 Å². The number of nitrogens with zero attached hydrogens (tertiary/aromatic N) is 1. The smallest absolute Gasteiger partial charge is 0.301 e. The van der Waals surface area contributed by atoms with Crippen LogP contribution >= 0.6 is 18.2 Å². The molecule has 0 aliphatic carbocycles. The third kappa shape index (κ3) is 6.11. The summed E-state index contributed by atoms with van der Waals surface area (Å²) in [6.07, 6.45) is 0.356. The molecule has 13 heavy (non-hydrogen) atoms. The topological polar surface area (TPSA) is 59.3 Å². The van der Waals surface area contributed by atoms with Crippen LogP contribution < -0.4 is 0 Å². The van der Waals surface area contributed by atoms with Gasteiger partial charge >= 0.3 is 6.80 Å². The number of nitriles is 1. The molecular weight excluding hydrogens is 209 g/mol. The van der Waals surface area contributed by atoms with Crippen LogP contribution in [0, 0.1) is 11.3 Å². The highest BCUT2D eigenvalue weighted by molar-refractivity contribution is 8.55. The van der Waals surface area contributed by atoms with Gasteiger partial charge in [0.15, 0.2) is 0 Å². The van der Waals surface area contributed by atoms with Crippen LogP contribution in [0.15, 0.2) is 0 Å². The summed E-state index contributed by atoms with van der Waals surface area (Å²) in [4.78, 5) is 0. The van der Waals surface area contributed by atoms with E-state index in [1.54, 1.807) is 13.8 Å². The Balaban J connectivity index is 3.93. The average molecular weight is 223 g/mol. The van der Waals surface area contributed by atoms with Crippen molar-refractivity contribution in [3.63, 3.8) is 0 Å². The Hall–Kier alpha value is -0.01000. The maximum atomic E-state index is 11.7. The van der Waals surface area contributed by atoms with Gasteiger partial charge in [0.05, 0.1) is 19.3 Å². The van der Waals surface area contributed by atoms with E-state index in [0.717, 1.165) is 11.4 Å². The first-order chi connectivity index (χ1) is 6.18. The third-order valence-electron chi connectivity index (χ3n) is 1.04. The fourth-order valence-electron chi connectivity index (χ4n) is 0.631. The lowest BCUT2D eigenvalue weighted by atomic mass is 10.6. The summed E-state index contributed by atoms with van der Waals surface area (Å²) in [5.41, 5.74) is 0. The molecule has 0 radical (unpaired) electrons. The molecule has 0 amide bonds. The maximum Gasteiger partial charge on any atom is 0.389 e. The lowest BCUT2D eigenvalue weighted by Gasteiger charge is -2.14. The zero-order chi connectivity index (χ0) is 10.2. The largest absolute Gasteiger partial charge is 0.389 e. The Morgan fingerprint density at radius 1 is 1.38 bits per heavy atom. The van der Waals surface area contributed by atoms with Crippen molar-refractivity contribution >= 4 is 18.2 Å². The van der Waals surface area contributed by atoms with Gasteiger partial charge in [-0.25, -0.2) is 4.57 Å². The van der Waals surface area contributed by atoms with Crippen LogP contribution in [-0.2, 0) is 13.6 Å². The SMILES string of the molecule is CCOP(=O)(OCC)SCCC#N. The van der Waals surface area contributed by atoms with Crippen molar-refractivity contribution in [2.45, 2.75) is 20.3 Å². The molecule has 0 saturated carbocycles. The van der Waals surface area contributed by atoms with E-state index in [9.17, 15) is 4.57 Å². The van der Waals surface area contributed by atoms with E-state index in [2.05, 4.69) is 0 Å². The van der Waals surface area contributed by atoms with E-state index < -0.39 is 6.80 Å². The summed E-state index contributed by atoms with van der Waals surface area (Å²) in [6.45, 7) is 1.25. The van der Waals surface area contributed by atoms with Crippen molar-refractivity contribution < 1.29 is 13.6 Å². The first-order valence-corrected chi connectivity index (χ1v) is 7.22. The first kappa shape index (κ1) is 13.0. The Kier molecular flexibility index (Phi) is 7.39. The maximum absolute atomic E-state index is 11.7. The minimum atomic E-state index is -2.98. The van der Waals surface area contributed by atoms with Gasteiger partial charge in [-0.3, -0.25) is 0 Å². The molecule has 0 aliphatic rings. The zero-order valence-electron chi connectivity index (χ0n) is 7.86. The Morgan fingerprint density at radius 2 is 1.92 bits per heavy atom. The average Bonchev–Trinajstić information content (AvgIpc) is 2.05. The zero-order valence-corrected chi connectivity index (χ0v) is 9.57. The fraction of sp³-hybridized carbons (Fsp3) is 0.857. The van der Waals surface area contributed by atoms with Gasteiger partial charge in [-0.15, -0.1) is 0 Å². The first-order valence-electron chi connectivity index (χ1n) is 4.09. The van der Waals surface area contributed by atoms with Crippen molar-refractivity contribution in [1.82, 2.24) is 0 Å². The summed E-state index contributed by atoms with van der Waals surface area (Å²) in [6, 6.07) is 1.97. The van der Waals surface area contributed by atoms with Gasteiger partial charge in [0.2, 0.25) is 0 Å². The van der Waals surface area contributed by atoms with Crippen molar-refractivity contribution in [2.24, 2.45) is 0 Å². The minimum Gasteiger partial charge on any atom is -0.301 e. The molecule has 6 heteroatoms. The van der Waals surface area contributed by atoms with Gasteiger partial charge in [-0.05, 0) is 25.2 Å². The normalized spacial score (nSPS) is 11.2. The van der Waals surface area contributed by atoms with E-state index in [0.29, 0.717) is 25.4 Å². The van der Waals surface area contributed by atoms with Crippen molar-refractivity contribution in [3.05, 3.63) is 0 Å². The van der Waals surface area contributed by atoms with Crippen molar-refractivity contribution in [2.75, 3.05) is 19.0 Å². The van der Waals surface area contributed by atoms with E-state index in [4.69, 9.17) is 14.3 Å². The molecule has 0 aliphatic heterocycles. The van der Waals surface area contributed by atoms with Crippen LogP contribution in [0.5, 0.6) is 0 Å². The van der Waals surface area contributed by atoms with Gasteiger partial charge in [0, 0.05) is 12.2 Å². The lowest BCUT2D eigenvalue weighted by Crippen LogP contribution is -1.93. The van der Waals surface area contributed by atoms with E-state index >= 15 is 0 Å². The Labute approximate surface area is 82.9 Å². The molecule has 0 saturated heterocycles. The summed E-state index contributed by atoms with van der Waals surface area (Å²) < 4.78 is 21.7. The fourth-order valence-corrected chi connectivity index (χ4v) is 3.92. The monoisotopic (exact) mass is 223 g/mol. The Morgan fingerprint density at radius 3 is 2.31 bits per heavy atom. The third-order valence-corrected chi connectivity index (χ3v) is 5.02. The quantitative estimate of drug-likeness (QED) is 0.490. The standard InChI is InChI=1S/C7H14NO3PS/c1-3-10-12(9,11-4-2)13-7-5-6-8/h3-5,7H2,1-2H3. The van der Waals surface area contributed by atoms with Gasteiger partial charge < -0.3 is 9.05 Å². The second kappa shape index (κ2) is 7.40. The summed E-state index contributed by atoms with van der Waals surface area (Å²) in [5.74, 6) is 0.480. The van der Waals surface area contributed by atoms with Crippen LogP contribution in [-0.4, -0.2) is 19.0 Å². The minimum absolute atomic E-state index is 0.356. The van der Waals surface area contributed by atoms with Crippen LogP contribution in [0.1, 0.15) is 20.3 Å². The molecule has 0 aromatic rings. The molecule has 0 bridgehead atoms. The van der Waals surface area contributed by atoms with Crippen LogP contribution in [0.4, 0.5) is 0 Å². The number of hydrogen-bond acceptors (Lipinski definition) is 5. The van der Waals surface area contributed by atoms with Gasteiger partial charge in [-0.2, -0.15) is 5.26 Å². The predicted molar refractivity (Wildman–Crippen MR) is 53.5 cm³/mol. The molecule has 0 heterocycles. The molecule has 0 atom stereocenters. The molecule has 0 unspecified atom stereocenters. The van der Waals surface area contributed by atoms with Crippen molar-refractivity contribution in [3.8, 4) is 6.07 Å². The second-order valence-electron chi connectivity index (χ2n) is 2.02. The van der Waals surface area contributed by atoms with Gasteiger partial charge in [0.25, 0.3) is 0 Å². The van der Waals surface area contributed by atoms with Gasteiger partial charge in [-0.1, -0.05) is 0 Å². The highest BCUT2D eigenvalue weighted by atomic mass is 32.7. The molecule has 0 spiro atoms. The molecule has 0 fully saturated rings. The van der Waals surface area contributed by atoms with Crippen LogP contribution in [0.3, 0.4) is 0 Å². The molecule has 0 aromatic carbocycles. The van der Waals surface area contributed by atoms with E-state index in [-0.39, 0.29) is 0 Å². The second-order valence-corrected chi connectivity index (χ2v) is 6.22. The molecule has 4 nitrogen and oxygen atoms in total. The summed E-state index contributed by atoms with van der Waals surface area (Å²) in [7, 11) is 0. The molecule has 76 valence electrons. The summed E-state index contributed by atoms with van der Waals surface area (Å²) >= 11 is 1.09. The van der Waals surface area contributed by atoms with E-state index in [1.165, 1.54) is 0 Å². The highest BCUT2D eigenvalue weighted by Crippen LogP contribution is 2.60. The molecule has 0 N–H and O–H groups in total. The summed E-state index contributed by atoms with van der Waals surface area (Å²) in [5, 5.41) is 8.29. The molecule has 0 rings (SSSR count). The number of rotatable bonds is 7. The van der Waals surface area contributed by atoms with E-state index in [1.807, 2.05) is 6.07 Å². The van der Waals surface area contributed by atoms with Gasteiger partial charge in [0.1, 0.15) is 0 Å². The molecular formula is C7H14NO3PS. The number of hydrogen-bond donors (Lipinski definition) is 0. The van der Waals surface area contributed by atoms with Crippen LogP contribution in [0.25, 0.3) is 0 Å². The highest BCUT2D eigenvalue weighted by Gasteiger charge is 2.23. The molecule has 0 aromatic heterocycles. The lowest BCUT2D eigenvalue weighted by molar-refractivity contribution is 0.237. The Bertz CT molecular complexity index is 206.